The maximum atomic E-state index is 6.41. The van der Waals surface area contributed by atoms with Crippen molar-refractivity contribution in [3.8, 4) is 5.75 Å². The molecule has 4 heteroatoms. The lowest BCUT2D eigenvalue weighted by atomic mass is 9.89. The second-order valence-electron chi connectivity index (χ2n) is 9.08. The van der Waals surface area contributed by atoms with Gasteiger partial charge in [0.15, 0.2) is 0 Å². The maximum Gasteiger partial charge on any atom is 0.128 e. The van der Waals surface area contributed by atoms with Gasteiger partial charge >= 0.3 is 0 Å². The van der Waals surface area contributed by atoms with E-state index in [0.717, 1.165) is 29.8 Å². The minimum atomic E-state index is 0. The van der Waals surface area contributed by atoms with Crippen LogP contribution in [0.5, 0.6) is 5.75 Å². The summed E-state index contributed by atoms with van der Waals surface area (Å²) in [7, 11) is 0. The quantitative estimate of drug-likeness (QED) is 0.278. The van der Waals surface area contributed by atoms with Crippen LogP contribution in [0.1, 0.15) is 135 Å². The molecule has 30 heavy (non-hydrogen) atoms. The molecule has 0 aliphatic heterocycles. The Bertz CT molecular complexity index is 736. The van der Waals surface area contributed by atoms with Crippen LogP contribution >= 0.6 is 11.7 Å². The minimum Gasteiger partial charge on any atom is -0.493 e. The van der Waals surface area contributed by atoms with E-state index in [4.69, 9.17) is 4.74 Å². The minimum absolute atomic E-state index is 0. The summed E-state index contributed by atoms with van der Waals surface area (Å²) in [4.78, 5) is 0. The molecule has 0 saturated heterocycles. The number of rotatable bonds is 14. The van der Waals surface area contributed by atoms with Crippen LogP contribution in [0.4, 0.5) is 0 Å². The Kier molecular flexibility index (Phi) is 12.5. The predicted octanol–water partition coefficient (Wildman–Crippen LogP) is 9.18. The van der Waals surface area contributed by atoms with E-state index in [9.17, 15) is 0 Å². The zero-order valence-electron chi connectivity index (χ0n) is 19.6. The van der Waals surface area contributed by atoms with Crippen molar-refractivity contribution in [3.05, 3.63) is 16.7 Å². The van der Waals surface area contributed by atoms with Crippen LogP contribution in [0, 0.1) is 6.92 Å². The molecule has 0 spiro atoms. The summed E-state index contributed by atoms with van der Waals surface area (Å²) >= 11 is 1.32. The van der Waals surface area contributed by atoms with Crippen LogP contribution < -0.4 is 4.74 Å². The van der Waals surface area contributed by atoms with Gasteiger partial charge in [0.05, 0.1) is 18.3 Å². The maximum absolute atomic E-state index is 6.41. The molecule has 0 unspecified atom stereocenters. The number of benzene rings is 1. The number of nitrogens with zero attached hydrogens (tertiary/aromatic N) is 2. The van der Waals surface area contributed by atoms with E-state index in [1.54, 1.807) is 0 Å². The van der Waals surface area contributed by atoms with Gasteiger partial charge in [0.25, 0.3) is 0 Å². The van der Waals surface area contributed by atoms with Gasteiger partial charge in [0.2, 0.25) is 0 Å². The smallest absolute Gasteiger partial charge is 0.128 e. The van der Waals surface area contributed by atoms with Crippen molar-refractivity contribution in [1.82, 2.24) is 8.75 Å². The Hall–Kier alpha value is -1.16. The van der Waals surface area contributed by atoms with E-state index in [2.05, 4.69) is 50.3 Å². The molecule has 0 aliphatic carbocycles. The number of ether oxygens (including phenoxy) is 1. The van der Waals surface area contributed by atoms with Crippen molar-refractivity contribution < 1.29 is 4.74 Å². The molecule has 2 rings (SSSR count). The van der Waals surface area contributed by atoms with E-state index in [-0.39, 0.29) is 7.43 Å². The van der Waals surface area contributed by atoms with E-state index in [1.165, 1.54) is 86.2 Å². The van der Waals surface area contributed by atoms with Gasteiger partial charge in [-0.1, -0.05) is 99.8 Å². The first-order valence-electron chi connectivity index (χ1n) is 11.9. The Labute approximate surface area is 190 Å². The fourth-order valence-corrected chi connectivity index (χ4v) is 4.92. The Balaban J connectivity index is 0.00000450. The highest BCUT2D eigenvalue weighted by Crippen LogP contribution is 2.41. The van der Waals surface area contributed by atoms with Crippen molar-refractivity contribution in [2.24, 2.45) is 0 Å². The van der Waals surface area contributed by atoms with Gasteiger partial charge < -0.3 is 4.74 Å². The zero-order valence-corrected chi connectivity index (χ0v) is 20.5. The van der Waals surface area contributed by atoms with Crippen molar-refractivity contribution in [2.45, 2.75) is 125 Å². The SMILES string of the molecule is C.CCCCCCCCCCCCOc1c(C)c(C(C)C)c2nsnc2c1C(C)C. The van der Waals surface area contributed by atoms with Crippen LogP contribution in [0.3, 0.4) is 0 Å². The fraction of sp³-hybridized carbons (Fsp3) is 0.769. The van der Waals surface area contributed by atoms with E-state index >= 15 is 0 Å². The van der Waals surface area contributed by atoms with Gasteiger partial charge in [-0.15, -0.1) is 0 Å². The summed E-state index contributed by atoms with van der Waals surface area (Å²) in [5.74, 6) is 1.87. The molecule has 0 N–H and O–H groups in total. The van der Waals surface area contributed by atoms with Gasteiger partial charge in [0.1, 0.15) is 16.8 Å². The van der Waals surface area contributed by atoms with Gasteiger partial charge in [-0.3, -0.25) is 0 Å². The average molecular weight is 435 g/mol. The average Bonchev–Trinajstić information content (AvgIpc) is 3.13. The number of fused-ring (bicyclic) bond motifs is 1. The summed E-state index contributed by atoms with van der Waals surface area (Å²) in [6.45, 7) is 14.2. The third-order valence-corrected chi connectivity index (χ3v) is 6.42. The lowest BCUT2D eigenvalue weighted by Crippen LogP contribution is -2.07. The van der Waals surface area contributed by atoms with E-state index < -0.39 is 0 Å². The van der Waals surface area contributed by atoms with Gasteiger partial charge in [-0.2, -0.15) is 8.75 Å². The number of aromatic nitrogens is 2. The summed E-state index contributed by atoms with van der Waals surface area (Å²) in [6, 6.07) is 0. The lowest BCUT2D eigenvalue weighted by Gasteiger charge is -2.21. The molecule has 0 radical (unpaired) electrons. The summed E-state index contributed by atoms with van der Waals surface area (Å²) in [5.41, 5.74) is 5.93. The van der Waals surface area contributed by atoms with Crippen molar-refractivity contribution in [3.63, 3.8) is 0 Å². The second-order valence-corrected chi connectivity index (χ2v) is 9.61. The van der Waals surface area contributed by atoms with Crippen LogP contribution in [0.2, 0.25) is 0 Å². The zero-order chi connectivity index (χ0) is 21.2. The predicted molar refractivity (Wildman–Crippen MR) is 134 cm³/mol. The molecule has 0 aliphatic rings. The number of hydrogen-bond acceptors (Lipinski definition) is 4. The molecule has 172 valence electrons. The van der Waals surface area contributed by atoms with Crippen molar-refractivity contribution >= 4 is 22.8 Å². The monoisotopic (exact) mass is 434 g/mol. The largest absolute Gasteiger partial charge is 0.493 e. The van der Waals surface area contributed by atoms with Gasteiger partial charge in [-0.05, 0) is 36.3 Å². The molecule has 1 aromatic heterocycles. The second kappa shape index (κ2) is 14.0. The Morgan fingerprint density at radius 3 is 1.70 bits per heavy atom. The van der Waals surface area contributed by atoms with Crippen LogP contribution in [-0.2, 0) is 0 Å². The molecule has 0 saturated carbocycles. The first-order valence-corrected chi connectivity index (χ1v) is 12.6. The molecule has 1 aromatic carbocycles. The van der Waals surface area contributed by atoms with E-state index in [1.807, 2.05) is 0 Å². The standard InChI is InChI=1S/C25H42N2OS.CH4/c1-7-8-9-10-11-12-13-14-15-16-17-28-25-20(6)21(18(2)3)23-24(27-29-26-23)22(25)19(4)5;/h18-19H,7-17H2,1-6H3;1H4. The van der Waals surface area contributed by atoms with Crippen LogP contribution in [0.25, 0.3) is 11.0 Å². The van der Waals surface area contributed by atoms with Crippen LogP contribution in [-0.4, -0.2) is 15.4 Å². The molecular weight excluding hydrogens is 388 g/mol. The highest BCUT2D eigenvalue weighted by atomic mass is 32.1. The molecule has 3 nitrogen and oxygen atoms in total. The third-order valence-electron chi connectivity index (χ3n) is 5.89. The lowest BCUT2D eigenvalue weighted by molar-refractivity contribution is 0.298. The molecule has 0 atom stereocenters. The third kappa shape index (κ3) is 7.21. The van der Waals surface area contributed by atoms with Gasteiger partial charge in [0, 0.05) is 5.56 Å². The first kappa shape index (κ1) is 26.9. The Morgan fingerprint density at radius 1 is 0.733 bits per heavy atom. The highest BCUT2D eigenvalue weighted by Gasteiger charge is 2.24. The van der Waals surface area contributed by atoms with Crippen molar-refractivity contribution in [1.29, 1.82) is 0 Å². The molecule has 0 bridgehead atoms. The fourth-order valence-electron chi connectivity index (χ4n) is 4.34. The molecule has 2 aromatic rings. The van der Waals surface area contributed by atoms with Crippen LogP contribution in [0.15, 0.2) is 0 Å². The summed E-state index contributed by atoms with van der Waals surface area (Å²) in [5, 5.41) is 0. The van der Waals surface area contributed by atoms with Gasteiger partial charge in [-0.25, -0.2) is 0 Å². The summed E-state index contributed by atoms with van der Waals surface area (Å²) in [6.07, 6.45) is 13.5. The first-order chi connectivity index (χ1) is 14.0. The molecule has 1 heterocycles. The molecule has 0 fully saturated rings. The summed E-state index contributed by atoms with van der Waals surface area (Å²) < 4.78 is 15.7. The topological polar surface area (TPSA) is 35.0 Å². The normalized spacial score (nSPS) is 11.5. The number of hydrogen-bond donors (Lipinski definition) is 0. The molecular formula is C26H46N2OS. The molecule has 0 amide bonds. The van der Waals surface area contributed by atoms with Crippen molar-refractivity contribution in [2.75, 3.05) is 6.61 Å². The Morgan fingerprint density at radius 2 is 1.20 bits per heavy atom. The highest BCUT2D eigenvalue weighted by molar-refractivity contribution is 7.00. The van der Waals surface area contributed by atoms with E-state index in [0.29, 0.717) is 11.8 Å². The number of unbranched alkanes of at least 4 members (excludes halogenated alkanes) is 9.